The quantitative estimate of drug-likeness (QED) is 0.633. The summed E-state index contributed by atoms with van der Waals surface area (Å²) in [5.41, 5.74) is 2.77. The van der Waals surface area contributed by atoms with Crippen molar-refractivity contribution >= 4 is 23.4 Å². The van der Waals surface area contributed by atoms with Gasteiger partial charge in [-0.05, 0) is 24.3 Å². The monoisotopic (exact) mass is 434 g/mol. The van der Waals surface area contributed by atoms with Crippen molar-refractivity contribution in [2.45, 2.75) is 0 Å². The van der Waals surface area contributed by atoms with E-state index in [1.807, 2.05) is 30.3 Å². The maximum absolute atomic E-state index is 12.5. The SMILES string of the molecule is COc1c(Nc2ccncc2)nc(N2CCOCC2)nc1-c1cccc(C(=O)N(C)C)c1. The van der Waals surface area contributed by atoms with E-state index < -0.39 is 0 Å². The van der Waals surface area contributed by atoms with Crippen molar-refractivity contribution in [2.24, 2.45) is 0 Å². The van der Waals surface area contributed by atoms with Crippen LogP contribution >= 0.6 is 0 Å². The van der Waals surface area contributed by atoms with Gasteiger partial charge in [0.1, 0.15) is 5.69 Å². The highest BCUT2D eigenvalue weighted by molar-refractivity contribution is 5.95. The van der Waals surface area contributed by atoms with Crippen molar-refractivity contribution in [3.63, 3.8) is 0 Å². The van der Waals surface area contributed by atoms with Crippen molar-refractivity contribution in [3.05, 3.63) is 54.4 Å². The van der Waals surface area contributed by atoms with Crippen molar-refractivity contribution in [2.75, 3.05) is 57.7 Å². The molecule has 0 saturated carbocycles. The minimum Gasteiger partial charge on any atom is -0.491 e. The number of benzene rings is 1. The Balaban J connectivity index is 1.84. The summed E-state index contributed by atoms with van der Waals surface area (Å²) in [6, 6.07) is 11.1. The van der Waals surface area contributed by atoms with E-state index in [1.165, 1.54) is 0 Å². The van der Waals surface area contributed by atoms with E-state index in [0.29, 0.717) is 55.1 Å². The molecule has 1 N–H and O–H groups in total. The number of amides is 1. The molecule has 4 rings (SSSR count). The third-order valence-corrected chi connectivity index (χ3v) is 5.08. The van der Waals surface area contributed by atoms with Crippen molar-refractivity contribution in [1.29, 1.82) is 0 Å². The molecule has 1 amide bonds. The number of rotatable bonds is 6. The number of anilines is 3. The van der Waals surface area contributed by atoms with Gasteiger partial charge in [0.15, 0.2) is 11.6 Å². The highest BCUT2D eigenvalue weighted by atomic mass is 16.5. The molecule has 9 nitrogen and oxygen atoms in total. The van der Waals surface area contributed by atoms with Crippen LogP contribution in [0.5, 0.6) is 5.75 Å². The second-order valence-electron chi connectivity index (χ2n) is 7.49. The highest BCUT2D eigenvalue weighted by Crippen LogP contribution is 2.37. The van der Waals surface area contributed by atoms with Crippen LogP contribution in [-0.2, 0) is 4.74 Å². The number of pyridine rings is 1. The summed E-state index contributed by atoms with van der Waals surface area (Å²) in [4.78, 5) is 29.8. The Morgan fingerprint density at radius 2 is 1.88 bits per heavy atom. The van der Waals surface area contributed by atoms with Crippen LogP contribution in [0.25, 0.3) is 11.3 Å². The van der Waals surface area contributed by atoms with Crippen LogP contribution in [0.1, 0.15) is 10.4 Å². The fraction of sp³-hybridized carbons (Fsp3) is 0.304. The van der Waals surface area contributed by atoms with Gasteiger partial charge >= 0.3 is 0 Å². The molecule has 3 aromatic rings. The first-order chi connectivity index (χ1) is 15.6. The lowest BCUT2D eigenvalue weighted by Gasteiger charge is -2.28. The summed E-state index contributed by atoms with van der Waals surface area (Å²) >= 11 is 0. The third kappa shape index (κ3) is 4.62. The molecule has 9 heteroatoms. The topological polar surface area (TPSA) is 92.7 Å². The molecule has 1 fully saturated rings. The van der Waals surface area contributed by atoms with Crippen molar-refractivity contribution < 1.29 is 14.3 Å². The Morgan fingerprint density at radius 1 is 1.12 bits per heavy atom. The average Bonchev–Trinajstić information content (AvgIpc) is 2.84. The molecule has 166 valence electrons. The van der Waals surface area contributed by atoms with E-state index in [4.69, 9.17) is 19.4 Å². The van der Waals surface area contributed by atoms with Crippen molar-refractivity contribution in [1.82, 2.24) is 19.9 Å². The van der Waals surface area contributed by atoms with Crippen molar-refractivity contribution in [3.8, 4) is 17.0 Å². The Kier molecular flexibility index (Phi) is 6.46. The van der Waals surface area contributed by atoms with Crippen LogP contribution in [0.4, 0.5) is 17.5 Å². The molecule has 3 heterocycles. The number of ether oxygens (including phenoxy) is 2. The number of hydrogen-bond donors (Lipinski definition) is 1. The number of nitrogens with zero attached hydrogens (tertiary/aromatic N) is 5. The largest absolute Gasteiger partial charge is 0.491 e. The standard InChI is InChI=1S/C23H26N6O3/c1-28(2)22(30)17-6-4-5-16(15-17)19-20(31-3)21(25-18-7-9-24-10-8-18)27-23(26-19)29-11-13-32-14-12-29/h4-10,15H,11-14H2,1-3H3,(H,24,25,26,27). The van der Waals surface area contributed by atoms with Crippen LogP contribution in [0, 0.1) is 0 Å². The highest BCUT2D eigenvalue weighted by Gasteiger charge is 2.22. The molecule has 2 aromatic heterocycles. The van der Waals surface area contributed by atoms with Gasteiger partial charge in [0.2, 0.25) is 5.95 Å². The normalized spacial score (nSPS) is 13.5. The Morgan fingerprint density at radius 3 is 2.56 bits per heavy atom. The van der Waals surface area contributed by atoms with Crippen LogP contribution in [0.15, 0.2) is 48.8 Å². The van der Waals surface area contributed by atoms with E-state index in [9.17, 15) is 4.79 Å². The second kappa shape index (κ2) is 9.61. The number of morpholine rings is 1. The molecule has 0 aliphatic carbocycles. The van der Waals surface area contributed by atoms with E-state index >= 15 is 0 Å². The molecule has 0 atom stereocenters. The number of methoxy groups -OCH3 is 1. The average molecular weight is 435 g/mol. The maximum Gasteiger partial charge on any atom is 0.253 e. The first kappa shape index (κ1) is 21.5. The van der Waals surface area contributed by atoms with Gasteiger partial charge in [-0.1, -0.05) is 12.1 Å². The Labute approximate surface area is 187 Å². The third-order valence-electron chi connectivity index (χ3n) is 5.08. The Bertz CT molecular complexity index is 1080. The maximum atomic E-state index is 12.5. The van der Waals surface area contributed by atoms with Crippen LogP contribution in [0.3, 0.4) is 0 Å². The van der Waals surface area contributed by atoms with Gasteiger partial charge in [0.05, 0.1) is 20.3 Å². The summed E-state index contributed by atoms with van der Waals surface area (Å²) < 4.78 is 11.2. The minimum atomic E-state index is -0.0802. The van der Waals surface area contributed by atoms with Crippen LogP contribution < -0.4 is 15.0 Å². The zero-order valence-electron chi connectivity index (χ0n) is 18.4. The minimum absolute atomic E-state index is 0.0802. The number of hydrogen-bond acceptors (Lipinski definition) is 8. The van der Waals surface area contributed by atoms with E-state index in [1.54, 1.807) is 44.6 Å². The van der Waals surface area contributed by atoms with Crippen LogP contribution in [0.2, 0.25) is 0 Å². The summed E-state index contributed by atoms with van der Waals surface area (Å²) in [5, 5.41) is 3.32. The number of carbonyl (C=O) groups is 1. The fourth-order valence-corrected chi connectivity index (χ4v) is 3.45. The van der Waals surface area contributed by atoms with E-state index in [-0.39, 0.29) is 5.91 Å². The van der Waals surface area contributed by atoms with Gasteiger partial charge in [0.25, 0.3) is 5.91 Å². The van der Waals surface area contributed by atoms with E-state index in [0.717, 1.165) is 11.3 Å². The first-order valence-corrected chi connectivity index (χ1v) is 10.3. The molecule has 0 radical (unpaired) electrons. The predicted molar refractivity (Wildman–Crippen MR) is 123 cm³/mol. The van der Waals surface area contributed by atoms with Gasteiger partial charge in [-0.2, -0.15) is 4.98 Å². The predicted octanol–water partition coefficient (Wildman–Crippen LogP) is 2.83. The summed E-state index contributed by atoms with van der Waals surface area (Å²) in [7, 11) is 5.05. The molecule has 32 heavy (non-hydrogen) atoms. The smallest absolute Gasteiger partial charge is 0.253 e. The summed E-state index contributed by atoms with van der Waals surface area (Å²) in [6.07, 6.45) is 3.41. The first-order valence-electron chi connectivity index (χ1n) is 10.3. The van der Waals surface area contributed by atoms with Gasteiger partial charge < -0.3 is 24.6 Å². The zero-order valence-corrected chi connectivity index (χ0v) is 18.4. The lowest BCUT2D eigenvalue weighted by molar-refractivity contribution is 0.0827. The molecule has 1 saturated heterocycles. The molecular weight excluding hydrogens is 408 g/mol. The van der Waals surface area contributed by atoms with Gasteiger partial charge in [-0.15, -0.1) is 0 Å². The lowest BCUT2D eigenvalue weighted by Crippen LogP contribution is -2.37. The molecule has 1 aliphatic heterocycles. The number of carbonyl (C=O) groups excluding carboxylic acids is 1. The number of nitrogens with one attached hydrogen (secondary N) is 1. The van der Waals surface area contributed by atoms with Crippen LogP contribution in [-0.4, -0.2) is 73.3 Å². The molecule has 1 aromatic carbocycles. The van der Waals surface area contributed by atoms with Gasteiger partial charge in [-0.25, -0.2) is 4.98 Å². The molecule has 0 spiro atoms. The summed E-state index contributed by atoms with van der Waals surface area (Å²) in [6.45, 7) is 2.62. The zero-order chi connectivity index (χ0) is 22.5. The molecule has 1 aliphatic rings. The molecular formula is C23H26N6O3. The second-order valence-corrected chi connectivity index (χ2v) is 7.49. The summed E-state index contributed by atoms with van der Waals surface area (Å²) in [5.74, 6) is 1.52. The molecule has 0 unspecified atom stereocenters. The fourth-order valence-electron chi connectivity index (χ4n) is 3.45. The van der Waals surface area contributed by atoms with Gasteiger partial charge in [0, 0.05) is 56.4 Å². The van der Waals surface area contributed by atoms with E-state index in [2.05, 4.69) is 15.2 Å². The lowest BCUT2D eigenvalue weighted by atomic mass is 10.1. The van der Waals surface area contributed by atoms with Gasteiger partial charge in [-0.3, -0.25) is 9.78 Å². The Hall–Kier alpha value is -3.72. The number of aromatic nitrogens is 3. The molecule has 0 bridgehead atoms.